The molecule has 0 saturated heterocycles. The van der Waals surface area contributed by atoms with E-state index < -0.39 is 10.8 Å². The van der Waals surface area contributed by atoms with E-state index in [9.17, 15) is 9.00 Å². The highest BCUT2D eigenvalue weighted by Crippen LogP contribution is 2.17. The second-order valence-electron chi connectivity index (χ2n) is 4.16. The molecule has 0 aromatic rings. The minimum atomic E-state index is -0.903. The van der Waals surface area contributed by atoms with Crippen LogP contribution < -0.4 is 5.32 Å². The number of nitrogens with one attached hydrogen (secondary N) is 1. The minimum Gasteiger partial charge on any atom is -0.386 e. The summed E-state index contributed by atoms with van der Waals surface area (Å²) in [5.74, 6) is 2.65. The van der Waals surface area contributed by atoms with Gasteiger partial charge < -0.3 is 10.4 Å². The van der Waals surface area contributed by atoms with Crippen LogP contribution in [0, 0.1) is 0 Å². The van der Waals surface area contributed by atoms with E-state index in [4.69, 9.17) is 5.11 Å². The molecule has 24 heavy (non-hydrogen) atoms. The normalized spacial score (nSPS) is 12.6. The minimum absolute atomic E-state index is 0.0131. The van der Waals surface area contributed by atoms with E-state index in [1.165, 1.54) is 23.5 Å². The Morgan fingerprint density at radius 3 is 2.67 bits per heavy atom. The largest absolute Gasteiger partial charge is 0.386 e. The fraction of sp³-hybridized carbons (Fsp3) is 0.846. The number of hydrogen-bond acceptors (Lipinski definition) is 9. The second-order valence-corrected chi connectivity index (χ2v) is 11.7. The standard InChI is InChI=1S/C13H26N2O3S6/c1-2-7-24(18)8-14-3-5-19-10-20-6-4-15-13(17)23-12-22-11-21-9-16/h8,16H,2-7,9-12H2,1H3,(H,15,17). The molecule has 0 heterocycles. The van der Waals surface area contributed by atoms with Crippen molar-refractivity contribution in [3.8, 4) is 0 Å². The molecule has 0 spiro atoms. The Morgan fingerprint density at radius 1 is 1.17 bits per heavy atom. The molecule has 11 heteroatoms. The van der Waals surface area contributed by atoms with Gasteiger partial charge in [-0.25, -0.2) is 0 Å². The van der Waals surface area contributed by atoms with Crippen molar-refractivity contribution < 1.29 is 14.1 Å². The first kappa shape index (κ1) is 25.0. The number of thioether (sulfide) groups is 5. The van der Waals surface area contributed by atoms with Crippen molar-refractivity contribution in [2.45, 2.75) is 13.3 Å². The molecule has 0 bridgehead atoms. The molecule has 0 aromatic carbocycles. The number of aliphatic hydroxyl groups excluding tert-OH is 1. The van der Waals surface area contributed by atoms with E-state index in [0.29, 0.717) is 23.9 Å². The summed E-state index contributed by atoms with van der Waals surface area (Å²) in [6.07, 6.45) is 0.917. The van der Waals surface area contributed by atoms with E-state index in [-0.39, 0.29) is 11.2 Å². The SMILES string of the molecule is CCCS(=O)C=NCCSCSCCNC(=O)SCSCSCO. The molecule has 1 atom stereocenters. The van der Waals surface area contributed by atoms with Gasteiger partial charge in [0, 0.05) is 45.6 Å². The van der Waals surface area contributed by atoms with Crippen LogP contribution in [-0.4, -0.2) is 71.6 Å². The second kappa shape index (κ2) is 20.3. The van der Waals surface area contributed by atoms with Gasteiger partial charge in [0.15, 0.2) is 0 Å². The number of nitrogens with zero attached hydrogens (tertiary/aromatic N) is 1. The number of amides is 1. The molecule has 2 N–H and O–H groups in total. The maximum absolute atomic E-state index is 11.5. The molecular formula is C13H26N2O3S6. The van der Waals surface area contributed by atoms with Crippen molar-refractivity contribution in [2.24, 2.45) is 4.99 Å². The fourth-order valence-electron chi connectivity index (χ4n) is 1.19. The molecule has 0 aliphatic carbocycles. The van der Waals surface area contributed by atoms with Crippen LogP contribution in [0.25, 0.3) is 0 Å². The van der Waals surface area contributed by atoms with Crippen molar-refractivity contribution >= 4 is 80.4 Å². The van der Waals surface area contributed by atoms with Crippen LogP contribution in [0.3, 0.4) is 0 Å². The third kappa shape index (κ3) is 19.3. The first-order valence-corrected chi connectivity index (χ1v) is 14.4. The van der Waals surface area contributed by atoms with Crippen LogP contribution in [-0.2, 0) is 10.8 Å². The van der Waals surface area contributed by atoms with Crippen LogP contribution in [0.2, 0.25) is 0 Å². The molecule has 0 aliphatic rings. The Labute approximate surface area is 169 Å². The molecule has 0 rings (SSSR count). The summed E-state index contributed by atoms with van der Waals surface area (Å²) in [5.41, 5.74) is 1.56. The monoisotopic (exact) mass is 450 g/mol. The lowest BCUT2D eigenvalue weighted by Gasteiger charge is -2.04. The molecule has 5 nitrogen and oxygen atoms in total. The summed E-state index contributed by atoms with van der Waals surface area (Å²) in [6.45, 7) is 3.40. The molecule has 1 unspecified atom stereocenters. The van der Waals surface area contributed by atoms with E-state index in [2.05, 4.69) is 10.3 Å². The molecule has 1 amide bonds. The lowest BCUT2D eigenvalue weighted by Crippen LogP contribution is -2.21. The van der Waals surface area contributed by atoms with Crippen LogP contribution in [0.1, 0.15) is 13.3 Å². The van der Waals surface area contributed by atoms with Crippen molar-refractivity contribution in [2.75, 3.05) is 51.5 Å². The topological polar surface area (TPSA) is 78.8 Å². The van der Waals surface area contributed by atoms with Crippen molar-refractivity contribution in [3.05, 3.63) is 0 Å². The number of hydrogen-bond donors (Lipinski definition) is 2. The summed E-state index contributed by atoms with van der Waals surface area (Å²) < 4.78 is 11.3. The van der Waals surface area contributed by atoms with E-state index in [1.807, 2.05) is 6.92 Å². The van der Waals surface area contributed by atoms with Gasteiger partial charge in [0.2, 0.25) is 0 Å². The average Bonchev–Trinajstić information content (AvgIpc) is 2.56. The lowest BCUT2D eigenvalue weighted by atomic mass is 10.6. The predicted octanol–water partition coefficient (Wildman–Crippen LogP) is 3.37. The molecule has 0 aromatic heterocycles. The van der Waals surface area contributed by atoms with Crippen LogP contribution >= 0.6 is 58.8 Å². The number of aliphatic hydroxyl groups is 1. The average molecular weight is 451 g/mol. The maximum atomic E-state index is 11.5. The third-order valence-electron chi connectivity index (χ3n) is 2.18. The van der Waals surface area contributed by atoms with Crippen LogP contribution in [0.5, 0.6) is 0 Å². The number of aliphatic imine (C=N–C) groups is 1. The zero-order chi connectivity index (χ0) is 17.9. The van der Waals surface area contributed by atoms with Gasteiger partial charge in [-0.1, -0.05) is 18.7 Å². The molecule has 0 radical (unpaired) electrons. The first-order chi connectivity index (χ1) is 11.7. The predicted molar refractivity (Wildman–Crippen MR) is 119 cm³/mol. The quantitative estimate of drug-likeness (QED) is 0.160. The van der Waals surface area contributed by atoms with Gasteiger partial charge in [-0.15, -0.1) is 47.0 Å². The molecule has 0 saturated carbocycles. The van der Waals surface area contributed by atoms with Gasteiger partial charge in [-0.05, 0) is 6.42 Å². The number of carbonyl (C=O) groups is 1. The Hall–Kier alpha value is 1.000. The molecule has 142 valence electrons. The summed E-state index contributed by atoms with van der Waals surface area (Å²) in [6, 6.07) is 0. The summed E-state index contributed by atoms with van der Waals surface area (Å²) >= 11 is 7.95. The molecule has 0 aliphatic heterocycles. The number of rotatable bonds is 16. The summed E-state index contributed by atoms with van der Waals surface area (Å²) in [7, 11) is -0.903. The Balaban J connectivity index is 3.27. The maximum Gasteiger partial charge on any atom is 0.279 e. The van der Waals surface area contributed by atoms with Crippen molar-refractivity contribution in [1.82, 2.24) is 5.32 Å². The highest BCUT2D eigenvalue weighted by Gasteiger charge is 2.01. The Kier molecular flexibility index (Phi) is 21.2. The van der Waals surface area contributed by atoms with Crippen molar-refractivity contribution in [3.63, 3.8) is 0 Å². The fourth-order valence-corrected chi connectivity index (χ4v) is 6.48. The smallest absolute Gasteiger partial charge is 0.279 e. The Bertz CT molecular complexity index is 361. The van der Waals surface area contributed by atoms with Crippen LogP contribution in [0.15, 0.2) is 4.99 Å². The lowest BCUT2D eigenvalue weighted by molar-refractivity contribution is 0.261. The third-order valence-corrected chi connectivity index (χ3v) is 8.73. The molecule has 0 fully saturated rings. The Morgan fingerprint density at radius 2 is 1.92 bits per heavy atom. The highest BCUT2D eigenvalue weighted by atomic mass is 32.2. The van der Waals surface area contributed by atoms with E-state index in [1.54, 1.807) is 40.8 Å². The van der Waals surface area contributed by atoms with E-state index >= 15 is 0 Å². The van der Waals surface area contributed by atoms with E-state index in [0.717, 1.165) is 28.1 Å². The van der Waals surface area contributed by atoms with Gasteiger partial charge in [-0.3, -0.25) is 14.0 Å². The highest BCUT2D eigenvalue weighted by molar-refractivity contribution is 8.27. The van der Waals surface area contributed by atoms with Crippen LogP contribution in [0.4, 0.5) is 4.79 Å². The van der Waals surface area contributed by atoms with Gasteiger partial charge in [0.1, 0.15) is 0 Å². The summed E-state index contributed by atoms with van der Waals surface area (Å²) in [4.78, 5) is 15.7. The molecular weight excluding hydrogens is 425 g/mol. The zero-order valence-corrected chi connectivity index (χ0v) is 18.7. The van der Waals surface area contributed by atoms with Gasteiger partial charge in [-0.2, -0.15) is 0 Å². The summed E-state index contributed by atoms with van der Waals surface area (Å²) in [5, 5.41) is 14.0. The number of carbonyl (C=O) groups excluding carboxylic acids is 1. The van der Waals surface area contributed by atoms with Gasteiger partial charge in [0.05, 0.1) is 22.3 Å². The first-order valence-electron chi connectivity index (χ1n) is 7.40. The van der Waals surface area contributed by atoms with Gasteiger partial charge >= 0.3 is 0 Å². The zero-order valence-electron chi connectivity index (χ0n) is 13.8. The van der Waals surface area contributed by atoms with Crippen molar-refractivity contribution in [1.29, 1.82) is 0 Å². The van der Waals surface area contributed by atoms with Gasteiger partial charge in [0.25, 0.3) is 5.24 Å².